The summed E-state index contributed by atoms with van der Waals surface area (Å²) in [7, 11) is 0. The van der Waals surface area contributed by atoms with Gasteiger partial charge >= 0.3 is 0 Å². The zero-order valence-electron chi connectivity index (χ0n) is 8.84. The lowest BCUT2D eigenvalue weighted by Gasteiger charge is -2.03. The van der Waals surface area contributed by atoms with E-state index in [9.17, 15) is 0 Å². The number of nitrogens with one attached hydrogen (secondary N) is 1. The molecule has 1 aromatic carbocycles. The number of benzene rings is 1. The summed E-state index contributed by atoms with van der Waals surface area (Å²) in [6.07, 6.45) is 0. The van der Waals surface area contributed by atoms with Gasteiger partial charge in [-0.15, -0.1) is 11.3 Å². The van der Waals surface area contributed by atoms with Crippen LogP contribution in [0.1, 0.15) is 10.4 Å². The highest BCUT2D eigenvalue weighted by atomic mass is 79.9. The van der Waals surface area contributed by atoms with Crippen LogP contribution in [0.3, 0.4) is 0 Å². The van der Waals surface area contributed by atoms with Crippen molar-refractivity contribution < 1.29 is 0 Å². The number of hydrogen-bond acceptors (Lipinski definition) is 2. The Morgan fingerprint density at radius 1 is 1.18 bits per heavy atom. The van der Waals surface area contributed by atoms with Gasteiger partial charge in [0.15, 0.2) is 0 Å². The molecule has 1 aromatic heterocycles. The van der Waals surface area contributed by atoms with Gasteiger partial charge in [-0.2, -0.15) is 0 Å². The molecule has 0 saturated heterocycles. The minimum absolute atomic E-state index is 0.809. The normalized spacial score (nSPS) is 10.8. The number of hydrogen-bond donors (Lipinski definition) is 1. The van der Waals surface area contributed by atoms with Gasteiger partial charge in [0.1, 0.15) is 4.34 Å². The maximum Gasteiger partial charge on any atom is 0.107 e. The second kappa shape index (κ2) is 6.34. The van der Waals surface area contributed by atoms with Crippen molar-refractivity contribution in [1.29, 1.82) is 0 Å². The molecule has 0 aliphatic heterocycles. The third-order valence-electron chi connectivity index (χ3n) is 2.21. The second-order valence-corrected chi connectivity index (χ2v) is 7.08. The molecule has 0 saturated carbocycles. The fourth-order valence-electron chi connectivity index (χ4n) is 1.46. The van der Waals surface area contributed by atoms with E-state index >= 15 is 0 Å². The van der Waals surface area contributed by atoms with E-state index in [1.165, 1.54) is 10.4 Å². The van der Waals surface area contributed by atoms with Crippen molar-refractivity contribution in [3.63, 3.8) is 0 Å². The Kier molecular flexibility index (Phi) is 5.06. The SMILES string of the molecule is Clc1sc(CNCc2cccc(Br)c2)cc1Br. The van der Waals surface area contributed by atoms with Crippen molar-refractivity contribution in [2.24, 2.45) is 0 Å². The molecule has 17 heavy (non-hydrogen) atoms. The van der Waals surface area contributed by atoms with Crippen LogP contribution < -0.4 is 5.32 Å². The highest BCUT2D eigenvalue weighted by molar-refractivity contribution is 9.10. The molecular formula is C12H10Br2ClNS. The molecule has 1 nitrogen and oxygen atoms in total. The van der Waals surface area contributed by atoms with Crippen LogP contribution in [0.2, 0.25) is 4.34 Å². The Morgan fingerprint density at radius 3 is 2.65 bits per heavy atom. The van der Waals surface area contributed by atoms with Crippen LogP contribution in [0.5, 0.6) is 0 Å². The summed E-state index contributed by atoms with van der Waals surface area (Å²) in [6.45, 7) is 1.69. The van der Waals surface area contributed by atoms with Crippen LogP contribution in [-0.4, -0.2) is 0 Å². The molecule has 0 aliphatic rings. The third-order valence-corrected chi connectivity index (χ3v) is 5.18. The van der Waals surface area contributed by atoms with Crippen molar-refractivity contribution >= 4 is 54.8 Å². The lowest BCUT2D eigenvalue weighted by atomic mass is 10.2. The van der Waals surface area contributed by atoms with Gasteiger partial charge in [0.05, 0.1) is 0 Å². The van der Waals surface area contributed by atoms with Gasteiger partial charge in [-0.25, -0.2) is 0 Å². The molecule has 0 spiro atoms. The predicted molar refractivity (Wildman–Crippen MR) is 81.7 cm³/mol. The molecule has 0 amide bonds. The zero-order chi connectivity index (χ0) is 12.3. The molecule has 1 heterocycles. The van der Waals surface area contributed by atoms with Gasteiger partial charge in [0.2, 0.25) is 0 Å². The van der Waals surface area contributed by atoms with Crippen LogP contribution in [0, 0.1) is 0 Å². The second-order valence-electron chi connectivity index (χ2n) is 3.57. The quantitative estimate of drug-likeness (QED) is 0.749. The molecule has 90 valence electrons. The van der Waals surface area contributed by atoms with Crippen molar-refractivity contribution in [3.8, 4) is 0 Å². The van der Waals surface area contributed by atoms with E-state index in [0.29, 0.717) is 0 Å². The van der Waals surface area contributed by atoms with E-state index in [2.05, 4.69) is 55.4 Å². The van der Waals surface area contributed by atoms with Crippen molar-refractivity contribution in [2.75, 3.05) is 0 Å². The van der Waals surface area contributed by atoms with Crippen LogP contribution in [-0.2, 0) is 13.1 Å². The summed E-state index contributed by atoms with van der Waals surface area (Å²) in [6, 6.07) is 10.3. The first kappa shape index (κ1) is 13.6. The van der Waals surface area contributed by atoms with Gasteiger partial charge in [-0.3, -0.25) is 0 Å². The summed E-state index contributed by atoms with van der Waals surface area (Å²) in [5, 5.41) is 3.40. The van der Waals surface area contributed by atoms with E-state index in [1.54, 1.807) is 11.3 Å². The maximum absolute atomic E-state index is 5.98. The largest absolute Gasteiger partial charge is 0.308 e. The lowest BCUT2D eigenvalue weighted by Crippen LogP contribution is -2.11. The smallest absolute Gasteiger partial charge is 0.107 e. The Balaban J connectivity index is 1.87. The average Bonchev–Trinajstić information content (AvgIpc) is 2.58. The molecule has 2 rings (SSSR count). The van der Waals surface area contributed by atoms with Crippen molar-refractivity contribution in [3.05, 3.63) is 54.1 Å². The molecule has 5 heteroatoms. The molecule has 0 atom stereocenters. The number of thiophene rings is 1. The first-order valence-electron chi connectivity index (χ1n) is 5.04. The topological polar surface area (TPSA) is 12.0 Å². The summed E-state index contributed by atoms with van der Waals surface area (Å²) in [4.78, 5) is 1.23. The monoisotopic (exact) mass is 393 g/mol. The van der Waals surface area contributed by atoms with E-state index in [-0.39, 0.29) is 0 Å². The van der Waals surface area contributed by atoms with E-state index in [1.807, 2.05) is 12.1 Å². The molecule has 2 aromatic rings. The van der Waals surface area contributed by atoms with Crippen LogP contribution >= 0.6 is 54.8 Å². The van der Waals surface area contributed by atoms with Gasteiger partial charge in [0, 0.05) is 26.9 Å². The number of rotatable bonds is 4. The molecule has 0 bridgehead atoms. The first-order chi connectivity index (χ1) is 8.15. The molecule has 0 fully saturated rings. The van der Waals surface area contributed by atoms with E-state index in [0.717, 1.165) is 26.4 Å². The van der Waals surface area contributed by atoms with Gasteiger partial charge in [-0.1, -0.05) is 39.7 Å². The van der Waals surface area contributed by atoms with Crippen molar-refractivity contribution in [1.82, 2.24) is 5.32 Å². The molecule has 0 aliphatic carbocycles. The van der Waals surface area contributed by atoms with E-state index < -0.39 is 0 Å². The fraction of sp³-hybridized carbons (Fsp3) is 0.167. The summed E-state index contributed by atoms with van der Waals surface area (Å²) >= 11 is 14.5. The van der Waals surface area contributed by atoms with Gasteiger partial charge in [0.25, 0.3) is 0 Å². The van der Waals surface area contributed by atoms with Crippen LogP contribution in [0.4, 0.5) is 0 Å². The fourth-order valence-corrected chi connectivity index (χ4v) is 3.66. The highest BCUT2D eigenvalue weighted by Gasteiger charge is 2.03. The lowest BCUT2D eigenvalue weighted by molar-refractivity contribution is 0.700. The number of halogens is 3. The Hall–Kier alpha value is 0.130. The Labute approximate surface area is 126 Å². The minimum Gasteiger partial charge on any atom is -0.308 e. The third kappa shape index (κ3) is 4.07. The van der Waals surface area contributed by atoms with Crippen LogP contribution in [0.15, 0.2) is 39.3 Å². The van der Waals surface area contributed by atoms with Gasteiger partial charge < -0.3 is 5.32 Å². The van der Waals surface area contributed by atoms with Crippen molar-refractivity contribution in [2.45, 2.75) is 13.1 Å². The highest BCUT2D eigenvalue weighted by Crippen LogP contribution is 2.31. The Morgan fingerprint density at radius 2 is 2.00 bits per heavy atom. The summed E-state index contributed by atoms with van der Waals surface area (Å²) in [5.74, 6) is 0. The van der Waals surface area contributed by atoms with E-state index in [4.69, 9.17) is 11.6 Å². The molecule has 0 unspecified atom stereocenters. The zero-order valence-corrected chi connectivity index (χ0v) is 13.6. The standard InChI is InChI=1S/C12H10Br2ClNS/c13-9-3-1-2-8(4-9)6-16-7-10-5-11(14)12(15)17-10/h1-5,16H,6-7H2. The molecule has 0 radical (unpaired) electrons. The Bertz CT molecular complexity index is 493. The predicted octanol–water partition coefficient (Wildman–Crippen LogP) is 5.22. The molecular weight excluding hydrogens is 385 g/mol. The van der Waals surface area contributed by atoms with Crippen LogP contribution in [0.25, 0.3) is 0 Å². The first-order valence-corrected chi connectivity index (χ1v) is 7.82. The minimum atomic E-state index is 0.809. The summed E-state index contributed by atoms with van der Waals surface area (Å²) in [5.41, 5.74) is 1.26. The summed E-state index contributed by atoms with van der Waals surface area (Å²) < 4.78 is 2.89. The maximum atomic E-state index is 5.98. The molecule has 1 N–H and O–H groups in total. The van der Waals surface area contributed by atoms with Gasteiger partial charge in [-0.05, 0) is 39.7 Å². The average molecular weight is 396 g/mol.